The fourth-order valence-corrected chi connectivity index (χ4v) is 1.48. The molecule has 0 aliphatic rings. The number of benzene rings is 1. The lowest BCUT2D eigenvalue weighted by molar-refractivity contribution is 0.0783. The molecule has 0 fully saturated rings. The van der Waals surface area contributed by atoms with Crippen LogP contribution in [-0.2, 0) is 0 Å². The molecule has 1 amide bonds. The van der Waals surface area contributed by atoms with Crippen molar-refractivity contribution in [2.24, 2.45) is 0 Å². The molecule has 0 atom stereocenters. The van der Waals surface area contributed by atoms with E-state index in [9.17, 15) is 9.90 Å². The van der Waals surface area contributed by atoms with E-state index in [0.29, 0.717) is 12.1 Å². The molecule has 0 heterocycles. The largest absolute Gasteiger partial charge is 0.507 e. The molecule has 1 N–H and O–H groups in total. The Bertz CT molecular complexity index is 402. The molecule has 0 saturated heterocycles. The van der Waals surface area contributed by atoms with Crippen molar-refractivity contribution in [1.29, 1.82) is 0 Å². The maximum Gasteiger partial charge on any atom is 0.257 e. The number of phenolic OH excluding ortho intramolecular Hbond substituents is 1. The molecule has 1 aromatic carbocycles. The summed E-state index contributed by atoms with van der Waals surface area (Å²) in [6.07, 6.45) is 0. The normalized spacial score (nSPS) is 10.6. The number of amides is 1. The first-order valence-corrected chi connectivity index (χ1v) is 5.61. The zero-order valence-corrected chi connectivity index (χ0v) is 10.9. The van der Waals surface area contributed by atoms with Crippen molar-refractivity contribution in [1.82, 2.24) is 9.80 Å². The Kier molecular flexibility index (Phi) is 4.52. The maximum absolute atomic E-state index is 12.0. The molecule has 0 saturated carbocycles. The molecule has 1 rings (SSSR count). The van der Waals surface area contributed by atoms with E-state index in [0.717, 1.165) is 12.1 Å². The van der Waals surface area contributed by atoms with Crippen molar-refractivity contribution < 1.29 is 9.90 Å². The van der Waals surface area contributed by atoms with E-state index in [-0.39, 0.29) is 11.7 Å². The molecule has 4 nitrogen and oxygen atoms in total. The summed E-state index contributed by atoms with van der Waals surface area (Å²) in [6.45, 7) is 3.32. The predicted molar refractivity (Wildman–Crippen MR) is 68.4 cm³/mol. The fourth-order valence-electron chi connectivity index (χ4n) is 1.48. The second-order valence-corrected chi connectivity index (χ2v) is 4.55. The number of carbonyl (C=O) groups is 1. The van der Waals surface area contributed by atoms with Gasteiger partial charge in [-0.3, -0.25) is 4.79 Å². The molecule has 0 spiro atoms. The second kappa shape index (κ2) is 5.68. The molecule has 0 aliphatic carbocycles. The van der Waals surface area contributed by atoms with Gasteiger partial charge in [0.2, 0.25) is 0 Å². The Morgan fingerprint density at radius 1 is 1.24 bits per heavy atom. The van der Waals surface area contributed by atoms with Crippen molar-refractivity contribution in [3.63, 3.8) is 0 Å². The van der Waals surface area contributed by atoms with Crippen LogP contribution in [0.3, 0.4) is 0 Å². The molecule has 0 radical (unpaired) electrons. The Balaban J connectivity index is 2.75. The van der Waals surface area contributed by atoms with Crippen molar-refractivity contribution in [3.8, 4) is 5.75 Å². The van der Waals surface area contributed by atoms with Gasteiger partial charge in [0, 0.05) is 20.1 Å². The van der Waals surface area contributed by atoms with Crippen molar-refractivity contribution >= 4 is 5.91 Å². The minimum absolute atomic E-state index is 0.0479. The molecule has 0 aliphatic heterocycles. The van der Waals surface area contributed by atoms with E-state index in [1.807, 2.05) is 32.0 Å². The monoisotopic (exact) mass is 236 g/mol. The van der Waals surface area contributed by atoms with Gasteiger partial charge in [-0.2, -0.15) is 0 Å². The van der Waals surface area contributed by atoms with Crippen LogP contribution in [0.5, 0.6) is 5.75 Å². The van der Waals surface area contributed by atoms with Crippen LogP contribution < -0.4 is 0 Å². The number of hydrogen-bond donors (Lipinski definition) is 1. The molecule has 0 bridgehead atoms. The minimum Gasteiger partial charge on any atom is -0.507 e. The van der Waals surface area contributed by atoms with E-state index < -0.39 is 0 Å². The number of nitrogens with zero attached hydrogens (tertiary/aromatic N) is 2. The van der Waals surface area contributed by atoms with E-state index >= 15 is 0 Å². The molecule has 1 aromatic rings. The molecule has 0 aromatic heterocycles. The van der Waals surface area contributed by atoms with Crippen LogP contribution in [0.15, 0.2) is 18.2 Å². The van der Waals surface area contributed by atoms with E-state index in [1.54, 1.807) is 24.1 Å². The minimum atomic E-state index is -0.149. The average molecular weight is 236 g/mol. The van der Waals surface area contributed by atoms with Gasteiger partial charge in [0.15, 0.2) is 0 Å². The summed E-state index contributed by atoms with van der Waals surface area (Å²) < 4.78 is 0. The molecular formula is C13H20N2O2. The highest BCUT2D eigenvalue weighted by atomic mass is 16.3. The standard InChI is InChI=1S/C13H20N2O2/c1-10-5-6-11(12(16)9-10)13(17)15(4)8-7-14(2)3/h5-6,9,16H,7-8H2,1-4H3. The predicted octanol–water partition coefficient (Wildman–Crippen LogP) is 1.33. The Morgan fingerprint density at radius 3 is 2.41 bits per heavy atom. The van der Waals surface area contributed by atoms with E-state index in [1.165, 1.54) is 0 Å². The zero-order valence-electron chi connectivity index (χ0n) is 10.9. The van der Waals surface area contributed by atoms with Crippen LogP contribution in [0.4, 0.5) is 0 Å². The van der Waals surface area contributed by atoms with Crippen LogP contribution in [-0.4, -0.2) is 55.0 Å². The number of hydrogen-bond acceptors (Lipinski definition) is 3. The van der Waals surface area contributed by atoms with Crippen LogP contribution >= 0.6 is 0 Å². The summed E-state index contributed by atoms with van der Waals surface area (Å²) >= 11 is 0. The highest BCUT2D eigenvalue weighted by Gasteiger charge is 2.15. The third kappa shape index (κ3) is 3.75. The van der Waals surface area contributed by atoms with Crippen molar-refractivity contribution in [3.05, 3.63) is 29.3 Å². The molecular weight excluding hydrogens is 216 g/mol. The summed E-state index contributed by atoms with van der Waals surface area (Å²) in [5.74, 6) is -0.101. The molecule has 94 valence electrons. The highest BCUT2D eigenvalue weighted by molar-refractivity contribution is 5.96. The van der Waals surface area contributed by atoms with E-state index in [4.69, 9.17) is 0 Å². The Hall–Kier alpha value is -1.55. The van der Waals surface area contributed by atoms with Crippen LogP contribution in [0.25, 0.3) is 0 Å². The summed E-state index contributed by atoms with van der Waals surface area (Å²) in [4.78, 5) is 15.7. The third-order valence-corrected chi connectivity index (χ3v) is 2.61. The maximum atomic E-state index is 12.0. The Morgan fingerprint density at radius 2 is 1.88 bits per heavy atom. The number of aromatic hydroxyl groups is 1. The highest BCUT2D eigenvalue weighted by Crippen LogP contribution is 2.19. The van der Waals surface area contributed by atoms with Crippen molar-refractivity contribution in [2.75, 3.05) is 34.2 Å². The third-order valence-electron chi connectivity index (χ3n) is 2.61. The van der Waals surface area contributed by atoms with Gasteiger partial charge in [-0.25, -0.2) is 0 Å². The number of phenols is 1. The molecule has 4 heteroatoms. The van der Waals surface area contributed by atoms with Crippen molar-refractivity contribution in [2.45, 2.75) is 6.92 Å². The molecule has 17 heavy (non-hydrogen) atoms. The fraction of sp³-hybridized carbons (Fsp3) is 0.462. The first kappa shape index (κ1) is 13.5. The van der Waals surface area contributed by atoms with E-state index in [2.05, 4.69) is 0 Å². The van der Waals surface area contributed by atoms with Gasteiger partial charge in [-0.1, -0.05) is 6.07 Å². The number of likely N-dealkylation sites (N-methyl/N-ethyl adjacent to an activating group) is 2. The second-order valence-electron chi connectivity index (χ2n) is 4.55. The lowest BCUT2D eigenvalue weighted by atomic mass is 10.1. The van der Waals surface area contributed by atoms with Gasteiger partial charge in [0.25, 0.3) is 5.91 Å². The summed E-state index contributed by atoms with van der Waals surface area (Å²) in [5, 5.41) is 9.73. The first-order chi connectivity index (χ1) is 7.91. The van der Waals surface area contributed by atoms with Gasteiger partial charge < -0.3 is 14.9 Å². The summed E-state index contributed by atoms with van der Waals surface area (Å²) in [7, 11) is 5.66. The lowest BCUT2D eigenvalue weighted by Gasteiger charge is -2.20. The number of carbonyl (C=O) groups excluding carboxylic acids is 1. The topological polar surface area (TPSA) is 43.8 Å². The van der Waals surface area contributed by atoms with Gasteiger partial charge in [-0.05, 0) is 38.7 Å². The van der Waals surface area contributed by atoms with Crippen LogP contribution in [0.2, 0.25) is 0 Å². The van der Waals surface area contributed by atoms with Crippen LogP contribution in [0, 0.1) is 6.92 Å². The van der Waals surface area contributed by atoms with Gasteiger partial charge in [-0.15, -0.1) is 0 Å². The van der Waals surface area contributed by atoms with Crippen LogP contribution in [0.1, 0.15) is 15.9 Å². The quantitative estimate of drug-likeness (QED) is 0.858. The van der Waals surface area contributed by atoms with Gasteiger partial charge in [0.1, 0.15) is 5.75 Å². The van der Waals surface area contributed by atoms with Gasteiger partial charge in [0.05, 0.1) is 5.56 Å². The lowest BCUT2D eigenvalue weighted by Crippen LogP contribution is -2.33. The Labute approximate surface area is 102 Å². The summed E-state index contributed by atoms with van der Waals surface area (Å²) in [6, 6.07) is 5.10. The first-order valence-electron chi connectivity index (χ1n) is 5.61. The zero-order chi connectivity index (χ0) is 13.0. The van der Waals surface area contributed by atoms with Gasteiger partial charge >= 0.3 is 0 Å². The average Bonchev–Trinajstić information content (AvgIpc) is 2.25. The molecule has 0 unspecified atom stereocenters. The summed E-state index contributed by atoms with van der Waals surface area (Å²) in [5.41, 5.74) is 1.30. The number of rotatable bonds is 4. The smallest absolute Gasteiger partial charge is 0.257 e. The number of aryl methyl sites for hydroxylation is 1. The SMILES string of the molecule is Cc1ccc(C(=O)N(C)CCN(C)C)c(O)c1.